The van der Waals surface area contributed by atoms with Crippen molar-refractivity contribution in [1.29, 1.82) is 0 Å². The molecule has 1 aromatic heterocycles. The molecule has 2 rings (SSSR count). The molecule has 0 spiro atoms. The molecule has 0 radical (unpaired) electrons. The summed E-state index contributed by atoms with van der Waals surface area (Å²) in [5.74, 6) is -0.582. The molecule has 2 heterocycles. The number of sulfone groups is 1. The molecule has 1 fully saturated rings. The largest absolute Gasteiger partial charge is 0.459 e. The highest BCUT2D eigenvalue weighted by atomic mass is 32.2. The van der Waals surface area contributed by atoms with E-state index < -0.39 is 15.7 Å². The van der Waals surface area contributed by atoms with E-state index in [9.17, 15) is 18.0 Å². The van der Waals surface area contributed by atoms with Gasteiger partial charge in [0.05, 0.1) is 24.3 Å². The summed E-state index contributed by atoms with van der Waals surface area (Å²) in [5, 5.41) is 2.44. The Balaban J connectivity index is 1.84. The molecule has 7 nitrogen and oxygen atoms in total. The second kappa shape index (κ2) is 5.66. The van der Waals surface area contributed by atoms with E-state index >= 15 is 0 Å². The number of hydrogen-bond donors (Lipinski definition) is 1. The number of nitrogens with one attached hydrogen (secondary N) is 1. The minimum Gasteiger partial charge on any atom is -0.459 e. The van der Waals surface area contributed by atoms with Gasteiger partial charge >= 0.3 is 0 Å². The minimum atomic E-state index is -3.04. The Labute approximate surface area is 116 Å². The fraction of sp³-hybridized carbons (Fsp3) is 0.500. The van der Waals surface area contributed by atoms with E-state index in [2.05, 4.69) is 5.32 Å². The van der Waals surface area contributed by atoms with Crippen molar-refractivity contribution >= 4 is 21.7 Å². The monoisotopic (exact) mass is 300 g/mol. The third-order valence-electron chi connectivity index (χ3n) is 3.29. The molecule has 1 aliphatic rings. The van der Waals surface area contributed by atoms with Gasteiger partial charge in [-0.05, 0) is 18.6 Å². The summed E-state index contributed by atoms with van der Waals surface area (Å²) in [6, 6.07) is 2.76. The van der Waals surface area contributed by atoms with Crippen LogP contribution in [0, 0.1) is 0 Å². The Kier molecular flexibility index (Phi) is 4.12. The van der Waals surface area contributed by atoms with Crippen molar-refractivity contribution in [2.45, 2.75) is 12.5 Å². The molecule has 8 heteroatoms. The van der Waals surface area contributed by atoms with Crippen molar-refractivity contribution in [1.82, 2.24) is 10.2 Å². The molecule has 0 aliphatic carbocycles. The van der Waals surface area contributed by atoms with Gasteiger partial charge < -0.3 is 14.6 Å². The summed E-state index contributed by atoms with van der Waals surface area (Å²) in [6.45, 7) is -0.188. The van der Waals surface area contributed by atoms with Crippen LogP contribution in [0.2, 0.25) is 0 Å². The smallest absolute Gasteiger partial charge is 0.287 e. The third-order valence-corrected chi connectivity index (χ3v) is 5.05. The number of hydrogen-bond acceptors (Lipinski definition) is 5. The van der Waals surface area contributed by atoms with Gasteiger partial charge in [0.1, 0.15) is 0 Å². The first-order valence-corrected chi connectivity index (χ1v) is 7.99. The molecular weight excluding hydrogens is 284 g/mol. The van der Waals surface area contributed by atoms with Crippen molar-refractivity contribution < 1.29 is 22.4 Å². The summed E-state index contributed by atoms with van der Waals surface area (Å²) in [5.41, 5.74) is 0. The van der Waals surface area contributed by atoms with Crippen LogP contribution >= 0.6 is 0 Å². The first kappa shape index (κ1) is 14.6. The van der Waals surface area contributed by atoms with Gasteiger partial charge in [-0.1, -0.05) is 0 Å². The van der Waals surface area contributed by atoms with Gasteiger partial charge in [-0.25, -0.2) is 8.42 Å². The van der Waals surface area contributed by atoms with E-state index in [0.29, 0.717) is 6.42 Å². The normalized spacial score (nSPS) is 20.6. The molecule has 2 amide bonds. The maximum absolute atomic E-state index is 11.9. The molecule has 0 saturated carbocycles. The van der Waals surface area contributed by atoms with E-state index in [1.54, 1.807) is 13.1 Å². The van der Waals surface area contributed by atoms with Gasteiger partial charge in [-0.3, -0.25) is 9.59 Å². The fourth-order valence-electron chi connectivity index (χ4n) is 2.06. The number of furan rings is 1. The van der Waals surface area contributed by atoms with E-state index in [0.717, 1.165) is 0 Å². The lowest BCUT2D eigenvalue weighted by Gasteiger charge is -2.23. The zero-order valence-corrected chi connectivity index (χ0v) is 11.9. The molecule has 1 unspecified atom stereocenters. The Morgan fingerprint density at radius 1 is 1.50 bits per heavy atom. The van der Waals surface area contributed by atoms with E-state index in [1.165, 1.54) is 17.2 Å². The quantitative estimate of drug-likeness (QED) is 0.820. The second-order valence-corrected chi connectivity index (χ2v) is 6.95. The molecular formula is C12H16N2O5S. The topological polar surface area (TPSA) is 96.7 Å². The number of likely N-dealkylation sites (N-methyl/N-ethyl adjacent to an activating group) is 1. The van der Waals surface area contributed by atoms with Crippen LogP contribution in [-0.4, -0.2) is 56.3 Å². The average molecular weight is 300 g/mol. The second-order valence-electron chi connectivity index (χ2n) is 4.72. The summed E-state index contributed by atoms with van der Waals surface area (Å²) in [7, 11) is -1.49. The van der Waals surface area contributed by atoms with Crippen LogP contribution in [0.15, 0.2) is 22.8 Å². The van der Waals surface area contributed by atoms with Crippen molar-refractivity contribution in [3.05, 3.63) is 24.2 Å². The Bertz CT molecular complexity index is 593. The van der Waals surface area contributed by atoms with Crippen molar-refractivity contribution in [3.63, 3.8) is 0 Å². The molecule has 1 aromatic rings. The lowest BCUT2D eigenvalue weighted by molar-refractivity contribution is -0.130. The Morgan fingerprint density at radius 3 is 2.80 bits per heavy atom. The first-order chi connectivity index (χ1) is 9.39. The molecule has 0 bridgehead atoms. The molecule has 1 saturated heterocycles. The van der Waals surface area contributed by atoms with Gasteiger partial charge in [0.25, 0.3) is 5.91 Å². The van der Waals surface area contributed by atoms with Crippen LogP contribution in [0.4, 0.5) is 0 Å². The zero-order valence-electron chi connectivity index (χ0n) is 11.0. The predicted molar refractivity (Wildman–Crippen MR) is 70.9 cm³/mol. The van der Waals surface area contributed by atoms with Gasteiger partial charge in [0.2, 0.25) is 5.91 Å². The molecule has 0 aromatic carbocycles. The summed E-state index contributed by atoms with van der Waals surface area (Å²) in [4.78, 5) is 24.9. The fourth-order valence-corrected chi connectivity index (χ4v) is 3.83. The molecule has 20 heavy (non-hydrogen) atoms. The van der Waals surface area contributed by atoms with Crippen LogP contribution in [0.25, 0.3) is 0 Å². The minimum absolute atomic E-state index is 0.0125. The van der Waals surface area contributed by atoms with Crippen molar-refractivity contribution in [2.75, 3.05) is 25.1 Å². The van der Waals surface area contributed by atoms with Crippen molar-refractivity contribution in [3.8, 4) is 0 Å². The lowest BCUT2D eigenvalue weighted by atomic mass is 10.2. The van der Waals surface area contributed by atoms with Crippen molar-refractivity contribution in [2.24, 2.45) is 0 Å². The number of carbonyl (C=O) groups excluding carboxylic acids is 2. The van der Waals surface area contributed by atoms with Gasteiger partial charge in [-0.15, -0.1) is 0 Å². The molecule has 110 valence electrons. The Hall–Kier alpha value is -1.83. The first-order valence-electron chi connectivity index (χ1n) is 6.17. The number of amides is 2. The highest BCUT2D eigenvalue weighted by molar-refractivity contribution is 7.91. The standard InChI is InChI=1S/C12H16N2O5S/c1-14(9-4-6-20(17,18)8-9)11(15)7-13-12(16)10-3-2-5-19-10/h2-3,5,9H,4,6-8H2,1H3,(H,13,16). The van der Waals surface area contributed by atoms with Crippen LogP contribution in [0.1, 0.15) is 17.0 Å². The third kappa shape index (κ3) is 3.38. The number of rotatable bonds is 4. The lowest BCUT2D eigenvalue weighted by Crippen LogP contribution is -2.43. The van der Waals surface area contributed by atoms with E-state index in [-0.39, 0.29) is 35.8 Å². The number of nitrogens with zero attached hydrogens (tertiary/aromatic N) is 1. The highest BCUT2D eigenvalue weighted by Crippen LogP contribution is 2.16. The van der Waals surface area contributed by atoms with Gasteiger partial charge in [0.15, 0.2) is 15.6 Å². The maximum atomic E-state index is 11.9. The Morgan fingerprint density at radius 2 is 2.25 bits per heavy atom. The summed E-state index contributed by atoms with van der Waals surface area (Å²) >= 11 is 0. The molecule has 1 N–H and O–H groups in total. The van der Waals surface area contributed by atoms with Crippen LogP contribution < -0.4 is 5.32 Å². The van der Waals surface area contributed by atoms with Gasteiger partial charge in [0, 0.05) is 13.1 Å². The van der Waals surface area contributed by atoms with Crippen LogP contribution in [0.5, 0.6) is 0 Å². The van der Waals surface area contributed by atoms with Crippen LogP contribution in [-0.2, 0) is 14.6 Å². The van der Waals surface area contributed by atoms with Crippen LogP contribution in [0.3, 0.4) is 0 Å². The highest BCUT2D eigenvalue weighted by Gasteiger charge is 2.32. The molecule has 1 aliphatic heterocycles. The zero-order chi connectivity index (χ0) is 14.8. The maximum Gasteiger partial charge on any atom is 0.287 e. The van der Waals surface area contributed by atoms with Gasteiger partial charge in [-0.2, -0.15) is 0 Å². The molecule has 1 atom stereocenters. The summed E-state index contributed by atoms with van der Waals surface area (Å²) < 4.78 is 27.6. The number of carbonyl (C=O) groups is 2. The summed E-state index contributed by atoms with van der Waals surface area (Å²) in [6.07, 6.45) is 1.81. The average Bonchev–Trinajstić information content (AvgIpc) is 3.03. The van der Waals surface area contributed by atoms with E-state index in [1.807, 2.05) is 0 Å². The van der Waals surface area contributed by atoms with E-state index in [4.69, 9.17) is 4.42 Å². The predicted octanol–water partition coefficient (Wildman–Crippen LogP) is -0.345. The SMILES string of the molecule is CN(C(=O)CNC(=O)c1ccco1)C1CCS(=O)(=O)C1.